The van der Waals surface area contributed by atoms with Crippen LogP contribution in [0.25, 0.3) is 0 Å². The van der Waals surface area contributed by atoms with Crippen LogP contribution in [-0.2, 0) is 11.2 Å². The van der Waals surface area contributed by atoms with Crippen molar-refractivity contribution >= 4 is 17.5 Å². The lowest BCUT2D eigenvalue weighted by molar-refractivity contribution is -0.121. The summed E-state index contributed by atoms with van der Waals surface area (Å²) in [5.41, 5.74) is 3.18. The molecular formula is C18H20ClNO. The summed E-state index contributed by atoms with van der Waals surface area (Å²) < 4.78 is 0. The Labute approximate surface area is 131 Å². The molecule has 2 rings (SSSR count). The average molecular weight is 302 g/mol. The lowest BCUT2D eigenvalue weighted by Gasteiger charge is -2.17. The van der Waals surface area contributed by atoms with Crippen LogP contribution in [0.1, 0.15) is 42.0 Å². The van der Waals surface area contributed by atoms with E-state index in [4.69, 9.17) is 11.6 Å². The number of carbonyl (C=O) groups excluding carboxylic acids is 1. The molecule has 3 heteroatoms. The van der Waals surface area contributed by atoms with Crippen LogP contribution < -0.4 is 5.32 Å². The van der Waals surface area contributed by atoms with E-state index in [-0.39, 0.29) is 11.9 Å². The van der Waals surface area contributed by atoms with Crippen molar-refractivity contribution < 1.29 is 4.79 Å². The molecule has 0 saturated carbocycles. The molecule has 1 amide bonds. The topological polar surface area (TPSA) is 29.1 Å². The van der Waals surface area contributed by atoms with Crippen LogP contribution in [0, 0.1) is 0 Å². The number of hydrogen-bond donors (Lipinski definition) is 1. The van der Waals surface area contributed by atoms with Crippen molar-refractivity contribution in [3.05, 3.63) is 71.3 Å². The van der Waals surface area contributed by atoms with Gasteiger partial charge in [-0.05, 0) is 30.0 Å². The molecule has 0 aromatic heterocycles. The SMILES string of the molecule is CCc1ccc(C(C)NC(=O)C(Cl)c2ccccc2)cc1. The first-order valence-electron chi connectivity index (χ1n) is 7.20. The minimum absolute atomic E-state index is 0.0617. The average Bonchev–Trinajstić information content (AvgIpc) is 2.55. The number of carbonyl (C=O) groups is 1. The van der Waals surface area contributed by atoms with Gasteiger partial charge >= 0.3 is 0 Å². The molecule has 110 valence electrons. The molecule has 2 unspecified atom stereocenters. The van der Waals surface area contributed by atoms with Crippen molar-refractivity contribution in [3.63, 3.8) is 0 Å². The zero-order chi connectivity index (χ0) is 15.2. The Morgan fingerprint density at radius 2 is 1.67 bits per heavy atom. The Kier molecular flexibility index (Phi) is 5.40. The Morgan fingerprint density at radius 1 is 1.05 bits per heavy atom. The van der Waals surface area contributed by atoms with Crippen LogP contribution in [0.3, 0.4) is 0 Å². The van der Waals surface area contributed by atoms with Gasteiger partial charge in [-0.2, -0.15) is 0 Å². The summed E-state index contributed by atoms with van der Waals surface area (Å²) in [5, 5.41) is 2.30. The van der Waals surface area contributed by atoms with Gasteiger partial charge in [0.2, 0.25) is 5.91 Å². The van der Waals surface area contributed by atoms with Crippen molar-refractivity contribution in [2.45, 2.75) is 31.7 Å². The van der Waals surface area contributed by atoms with Gasteiger partial charge in [0.25, 0.3) is 0 Å². The first kappa shape index (κ1) is 15.6. The van der Waals surface area contributed by atoms with Crippen molar-refractivity contribution in [3.8, 4) is 0 Å². The maximum atomic E-state index is 12.2. The third kappa shape index (κ3) is 4.08. The van der Waals surface area contributed by atoms with E-state index in [1.807, 2.05) is 37.3 Å². The number of benzene rings is 2. The Hall–Kier alpha value is -1.80. The summed E-state index contributed by atoms with van der Waals surface area (Å²) in [6.07, 6.45) is 1.01. The molecule has 2 atom stereocenters. The van der Waals surface area contributed by atoms with Gasteiger partial charge in [-0.15, -0.1) is 11.6 Å². The predicted octanol–water partition coefficient (Wildman–Crippen LogP) is 4.41. The third-order valence-electron chi connectivity index (χ3n) is 3.57. The Balaban J connectivity index is 2.01. The molecule has 2 aromatic carbocycles. The van der Waals surface area contributed by atoms with E-state index in [0.29, 0.717) is 0 Å². The zero-order valence-corrected chi connectivity index (χ0v) is 13.1. The quantitative estimate of drug-likeness (QED) is 0.815. The third-order valence-corrected chi connectivity index (χ3v) is 4.02. The van der Waals surface area contributed by atoms with E-state index in [1.54, 1.807) is 0 Å². The zero-order valence-electron chi connectivity index (χ0n) is 12.3. The molecule has 0 spiro atoms. The molecule has 21 heavy (non-hydrogen) atoms. The summed E-state index contributed by atoms with van der Waals surface area (Å²) in [7, 11) is 0. The van der Waals surface area contributed by atoms with E-state index >= 15 is 0 Å². The van der Waals surface area contributed by atoms with Gasteiger partial charge in [-0.25, -0.2) is 0 Å². The predicted molar refractivity (Wildman–Crippen MR) is 87.4 cm³/mol. The maximum Gasteiger partial charge on any atom is 0.243 e. The first-order chi connectivity index (χ1) is 10.1. The fourth-order valence-corrected chi connectivity index (χ4v) is 2.39. The number of rotatable bonds is 5. The largest absolute Gasteiger partial charge is 0.348 e. The standard InChI is InChI=1S/C18H20ClNO/c1-3-14-9-11-15(12-10-14)13(2)20-18(21)17(19)16-7-5-4-6-8-16/h4-13,17H,3H2,1-2H3,(H,20,21). The highest BCUT2D eigenvalue weighted by molar-refractivity contribution is 6.30. The highest BCUT2D eigenvalue weighted by Gasteiger charge is 2.19. The van der Waals surface area contributed by atoms with Gasteiger partial charge in [0.15, 0.2) is 0 Å². The summed E-state index contributed by atoms with van der Waals surface area (Å²) in [4.78, 5) is 12.2. The van der Waals surface area contributed by atoms with Gasteiger partial charge in [0.05, 0.1) is 6.04 Å². The summed E-state index contributed by atoms with van der Waals surface area (Å²) in [5.74, 6) is -0.171. The first-order valence-corrected chi connectivity index (χ1v) is 7.63. The summed E-state index contributed by atoms with van der Waals surface area (Å²) >= 11 is 6.22. The second-order valence-corrected chi connectivity index (χ2v) is 5.54. The molecule has 2 aromatic rings. The monoisotopic (exact) mass is 301 g/mol. The lowest BCUT2D eigenvalue weighted by Crippen LogP contribution is -2.29. The number of alkyl halides is 1. The second-order valence-electron chi connectivity index (χ2n) is 5.10. The van der Waals surface area contributed by atoms with Gasteiger partial charge in [-0.1, -0.05) is 61.5 Å². The van der Waals surface area contributed by atoms with Crippen LogP contribution in [0.15, 0.2) is 54.6 Å². The van der Waals surface area contributed by atoms with Gasteiger partial charge in [-0.3, -0.25) is 4.79 Å². The number of hydrogen-bond acceptors (Lipinski definition) is 1. The molecule has 0 fully saturated rings. The van der Waals surface area contributed by atoms with Crippen LogP contribution in [0.4, 0.5) is 0 Å². The Morgan fingerprint density at radius 3 is 2.24 bits per heavy atom. The van der Waals surface area contributed by atoms with E-state index < -0.39 is 5.38 Å². The van der Waals surface area contributed by atoms with Crippen LogP contribution in [0.2, 0.25) is 0 Å². The Bertz CT molecular complexity index is 580. The highest BCUT2D eigenvalue weighted by Crippen LogP contribution is 2.22. The van der Waals surface area contributed by atoms with Crippen LogP contribution in [0.5, 0.6) is 0 Å². The van der Waals surface area contributed by atoms with E-state index in [2.05, 4.69) is 36.5 Å². The van der Waals surface area contributed by atoms with E-state index in [0.717, 1.165) is 17.5 Å². The summed E-state index contributed by atoms with van der Waals surface area (Å²) in [6.45, 7) is 4.09. The van der Waals surface area contributed by atoms with Crippen LogP contribution >= 0.6 is 11.6 Å². The van der Waals surface area contributed by atoms with E-state index in [9.17, 15) is 4.79 Å². The molecule has 0 saturated heterocycles. The molecule has 0 aliphatic heterocycles. The molecule has 1 N–H and O–H groups in total. The fraction of sp³-hybridized carbons (Fsp3) is 0.278. The smallest absolute Gasteiger partial charge is 0.243 e. The van der Waals surface area contributed by atoms with Gasteiger partial charge in [0.1, 0.15) is 5.38 Å². The summed E-state index contributed by atoms with van der Waals surface area (Å²) in [6, 6.07) is 17.6. The highest BCUT2D eigenvalue weighted by atomic mass is 35.5. The van der Waals surface area contributed by atoms with Crippen molar-refractivity contribution in [2.75, 3.05) is 0 Å². The van der Waals surface area contributed by atoms with Crippen molar-refractivity contribution in [1.82, 2.24) is 5.32 Å². The molecule has 2 nitrogen and oxygen atoms in total. The molecule has 0 aliphatic carbocycles. The molecule has 0 bridgehead atoms. The fourth-order valence-electron chi connectivity index (χ4n) is 2.19. The minimum atomic E-state index is -0.663. The van der Waals surface area contributed by atoms with Crippen LogP contribution in [-0.4, -0.2) is 5.91 Å². The maximum absolute atomic E-state index is 12.2. The normalized spacial score (nSPS) is 13.5. The van der Waals surface area contributed by atoms with Gasteiger partial charge < -0.3 is 5.32 Å². The molecule has 0 aliphatic rings. The second kappa shape index (κ2) is 7.28. The van der Waals surface area contributed by atoms with Crippen molar-refractivity contribution in [2.24, 2.45) is 0 Å². The number of halogens is 1. The minimum Gasteiger partial charge on any atom is -0.348 e. The van der Waals surface area contributed by atoms with Crippen molar-refractivity contribution in [1.29, 1.82) is 0 Å². The molecule has 0 heterocycles. The molecular weight excluding hydrogens is 282 g/mol. The number of amides is 1. The molecule has 0 radical (unpaired) electrons. The number of nitrogens with one attached hydrogen (secondary N) is 1. The lowest BCUT2D eigenvalue weighted by atomic mass is 10.0. The van der Waals surface area contributed by atoms with E-state index in [1.165, 1.54) is 5.56 Å². The van der Waals surface area contributed by atoms with Gasteiger partial charge in [0, 0.05) is 0 Å². The number of aryl methyl sites for hydroxylation is 1.